The topological polar surface area (TPSA) is 17.0 Å². The van der Waals surface area contributed by atoms with E-state index in [4.69, 9.17) is 0 Å². The molecule has 19 heavy (non-hydrogen) atoms. The maximum atomic E-state index is 13.1. The number of aromatic nitrogens is 1. The van der Waals surface area contributed by atoms with Crippen molar-refractivity contribution in [2.24, 2.45) is 0 Å². The predicted molar refractivity (Wildman–Crippen MR) is 73.8 cm³/mol. The van der Waals surface area contributed by atoms with Crippen LogP contribution in [0, 0.1) is 5.82 Å². The molecular weight excluding hydrogens is 239 g/mol. The summed E-state index contributed by atoms with van der Waals surface area (Å²) in [7, 11) is 0. The standard InChI is InChI=1S/C16H13FN2/c17-11-5-7-12(8-6-11)19-15-4-2-1-3-13(15)14-9-18-10-16(14)19/h1-8,18H,9-10H2. The summed E-state index contributed by atoms with van der Waals surface area (Å²) >= 11 is 0. The molecule has 3 aromatic rings. The van der Waals surface area contributed by atoms with Crippen LogP contribution in [-0.4, -0.2) is 4.57 Å². The minimum atomic E-state index is -0.199. The molecule has 0 aliphatic carbocycles. The summed E-state index contributed by atoms with van der Waals surface area (Å²) in [4.78, 5) is 0. The molecular formula is C16H13FN2. The van der Waals surface area contributed by atoms with Crippen LogP contribution >= 0.6 is 0 Å². The first-order valence-corrected chi connectivity index (χ1v) is 6.42. The highest BCUT2D eigenvalue weighted by Gasteiger charge is 2.21. The number of para-hydroxylation sites is 1. The van der Waals surface area contributed by atoms with Gasteiger partial charge in [0.05, 0.1) is 5.52 Å². The molecule has 2 heterocycles. The van der Waals surface area contributed by atoms with E-state index >= 15 is 0 Å². The molecule has 0 unspecified atom stereocenters. The van der Waals surface area contributed by atoms with Gasteiger partial charge in [0, 0.05) is 29.9 Å². The molecule has 2 nitrogen and oxygen atoms in total. The molecule has 0 spiro atoms. The summed E-state index contributed by atoms with van der Waals surface area (Å²) < 4.78 is 15.3. The SMILES string of the molecule is Fc1ccc(-n2c3c(c4ccccc42)CNC3)cc1. The van der Waals surface area contributed by atoms with E-state index in [1.54, 1.807) is 0 Å². The van der Waals surface area contributed by atoms with Gasteiger partial charge in [0.15, 0.2) is 0 Å². The van der Waals surface area contributed by atoms with E-state index < -0.39 is 0 Å². The van der Waals surface area contributed by atoms with Crippen LogP contribution in [0.3, 0.4) is 0 Å². The highest BCUT2D eigenvalue weighted by Crippen LogP contribution is 2.32. The van der Waals surface area contributed by atoms with Gasteiger partial charge >= 0.3 is 0 Å². The molecule has 0 saturated heterocycles. The van der Waals surface area contributed by atoms with Crippen molar-refractivity contribution in [3.63, 3.8) is 0 Å². The molecule has 1 aliphatic heterocycles. The van der Waals surface area contributed by atoms with E-state index in [2.05, 4.69) is 28.1 Å². The molecule has 1 aromatic heterocycles. The zero-order valence-electron chi connectivity index (χ0n) is 10.4. The lowest BCUT2D eigenvalue weighted by Crippen LogP contribution is -2.06. The largest absolute Gasteiger partial charge is 0.312 e. The highest BCUT2D eigenvalue weighted by molar-refractivity contribution is 5.87. The van der Waals surface area contributed by atoms with Gasteiger partial charge in [0.1, 0.15) is 5.82 Å². The van der Waals surface area contributed by atoms with Crippen LogP contribution in [0.5, 0.6) is 0 Å². The fourth-order valence-corrected chi connectivity index (χ4v) is 2.93. The molecule has 0 amide bonds. The Morgan fingerprint density at radius 2 is 1.74 bits per heavy atom. The first-order chi connectivity index (χ1) is 9.34. The molecule has 2 aromatic carbocycles. The smallest absolute Gasteiger partial charge is 0.123 e. The van der Waals surface area contributed by atoms with E-state index in [0.29, 0.717) is 0 Å². The molecule has 94 valence electrons. The molecule has 0 atom stereocenters. The van der Waals surface area contributed by atoms with E-state index in [9.17, 15) is 4.39 Å². The summed E-state index contributed by atoms with van der Waals surface area (Å²) in [5.74, 6) is -0.199. The average Bonchev–Trinajstić information content (AvgIpc) is 3.00. The first kappa shape index (κ1) is 10.8. The maximum absolute atomic E-state index is 13.1. The third kappa shape index (κ3) is 1.52. The van der Waals surface area contributed by atoms with Gasteiger partial charge in [-0.1, -0.05) is 18.2 Å². The van der Waals surface area contributed by atoms with E-state index in [0.717, 1.165) is 18.8 Å². The van der Waals surface area contributed by atoms with Crippen molar-refractivity contribution < 1.29 is 4.39 Å². The van der Waals surface area contributed by atoms with Crippen LogP contribution in [0.25, 0.3) is 16.6 Å². The van der Waals surface area contributed by atoms with Gasteiger partial charge < -0.3 is 9.88 Å². The van der Waals surface area contributed by atoms with Crippen LogP contribution < -0.4 is 5.32 Å². The zero-order chi connectivity index (χ0) is 12.8. The normalized spacial score (nSPS) is 13.9. The van der Waals surface area contributed by atoms with Gasteiger partial charge in [0.2, 0.25) is 0 Å². The minimum Gasteiger partial charge on any atom is -0.312 e. The van der Waals surface area contributed by atoms with Crippen molar-refractivity contribution in [3.05, 3.63) is 65.6 Å². The Morgan fingerprint density at radius 3 is 2.58 bits per heavy atom. The van der Waals surface area contributed by atoms with Gasteiger partial charge in [-0.3, -0.25) is 0 Å². The fourth-order valence-electron chi connectivity index (χ4n) is 2.93. The first-order valence-electron chi connectivity index (χ1n) is 6.42. The van der Waals surface area contributed by atoms with E-state index in [1.807, 2.05) is 18.2 Å². The van der Waals surface area contributed by atoms with Gasteiger partial charge in [-0.05, 0) is 35.9 Å². The molecule has 0 saturated carbocycles. The van der Waals surface area contributed by atoms with Crippen LogP contribution in [0.15, 0.2) is 48.5 Å². The molecule has 1 aliphatic rings. The van der Waals surface area contributed by atoms with Crippen molar-refractivity contribution >= 4 is 10.9 Å². The van der Waals surface area contributed by atoms with E-state index in [-0.39, 0.29) is 5.82 Å². The molecule has 1 N–H and O–H groups in total. The van der Waals surface area contributed by atoms with E-state index in [1.165, 1.54) is 34.3 Å². The van der Waals surface area contributed by atoms with Crippen molar-refractivity contribution in [2.45, 2.75) is 13.1 Å². The monoisotopic (exact) mass is 252 g/mol. The number of hydrogen-bond acceptors (Lipinski definition) is 1. The molecule has 3 heteroatoms. The summed E-state index contributed by atoms with van der Waals surface area (Å²) in [6.45, 7) is 1.77. The Kier molecular flexibility index (Phi) is 2.23. The third-order valence-corrected chi connectivity index (χ3v) is 3.77. The number of nitrogens with zero attached hydrogens (tertiary/aromatic N) is 1. The fraction of sp³-hybridized carbons (Fsp3) is 0.125. The van der Waals surface area contributed by atoms with Crippen molar-refractivity contribution in [1.29, 1.82) is 0 Å². The van der Waals surface area contributed by atoms with Crippen LogP contribution in [0.2, 0.25) is 0 Å². The number of rotatable bonds is 1. The summed E-state index contributed by atoms with van der Waals surface area (Å²) in [6.07, 6.45) is 0. The molecule has 4 rings (SSSR count). The van der Waals surface area contributed by atoms with Gasteiger partial charge in [0.25, 0.3) is 0 Å². The lowest BCUT2D eigenvalue weighted by molar-refractivity contribution is 0.627. The summed E-state index contributed by atoms with van der Waals surface area (Å²) in [6, 6.07) is 15.1. The number of hydrogen-bond donors (Lipinski definition) is 1. The molecule has 0 radical (unpaired) electrons. The Bertz CT molecular complexity index is 756. The second-order valence-corrected chi connectivity index (χ2v) is 4.86. The quantitative estimate of drug-likeness (QED) is 0.702. The lowest BCUT2D eigenvalue weighted by Gasteiger charge is -2.09. The third-order valence-electron chi connectivity index (χ3n) is 3.77. The number of fused-ring (bicyclic) bond motifs is 3. The van der Waals surface area contributed by atoms with Gasteiger partial charge in [-0.25, -0.2) is 4.39 Å². The predicted octanol–water partition coefficient (Wildman–Crippen LogP) is 3.37. The molecule has 0 fully saturated rings. The Morgan fingerprint density at radius 1 is 0.947 bits per heavy atom. The van der Waals surface area contributed by atoms with Crippen LogP contribution in [-0.2, 0) is 13.1 Å². The highest BCUT2D eigenvalue weighted by atomic mass is 19.1. The maximum Gasteiger partial charge on any atom is 0.123 e. The average molecular weight is 252 g/mol. The second kappa shape index (κ2) is 3.93. The Labute approximate surface area is 110 Å². The zero-order valence-corrected chi connectivity index (χ0v) is 10.4. The number of benzene rings is 2. The van der Waals surface area contributed by atoms with Crippen LogP contribution in [0.1, 0.15) is 11.3 Å². The molecule has 0 bridgehead atoms. The number of halogens is 1. The minimum absolute atomic E-state index is 0.199. The summed E-state index contributed by atoms with van der Waals surface area (Å²) in [5, 5.41) is 4.67. The van der Waals surface area contributed by atoms with Crippen molar-refractivity contribution in [2.75, 3.05) is 0 Å². The van der Waals surface area contributed by atoms with Crippen LogP contribution in [0.4, 0.5) is 4.39 Å². The van der Waals surface area contributed by atoms with Crippen molar-refractivity contribution in [3.8, 4) is 5.69 Å². The lowest BCUT2D eigenvalue weighted by atomic mass is 10.1. The Hall–Kier alpha value is -2.13. The summed E-state index contributed by atoms with van der Waals surface area (Å²) in [5.41, 5.74) is 4.86. The van der Waals surface area contributed by atoms with Gasteiger partial charge in [-0.15, -0.1) is 0 Å². The Balaban J connectivity index is 2.06. The number of nitrogens with one attached hydrogen (secondary N) is 1. The van der Waals surface area contributed by atoms with Gasteiger partial charge in [-0.2, -0.15) is 0 Å². The van der Waals surface area contributed by atoms with Crippen molar-refractivity contribution in [1.82, 2.24) is 9.88 Å². The second-order valence-electron chi connectivity index (χ2n) is 4.86.